The second-order valence-electron chi connectivity index (χ2n) is 18.3. The molecule has 0 atom stereocenters. The Labute approximate surface area is 385 Å². The summed E-state index contributed by atoms with van der Waals surface area (Å²) in [6.45, 7) is 0. The zero-order valence-electron chi connectivity index (χ0n) is 36.7. The van der Waals surface area contributed by atoms with Crippen molar-refractivity contribution in [1.82, 2.24) is 9.97 Å². The summed E-state index contributed by atoms with van der Waals surface area (Å²) in [5.41, 5.74) is 18.2. The largest absolute Gasteiger partial charge is 0.228 e. The van der Waals surface area contributed by atoms with Crippen LogP contribution in [0.5, 0.6) is 0 Å². The fraction of sp³-hybridized carbons (Fsp3) is 0.0938. The topological polar surface area (TPSA) is 25.8 Å². The molecule has 2 heteroatoms. The van der Waals surface area contributed by atoms with E-state index in [0.29, 0.717) is 5.82 Å². The molecule has 10 aromatic carbocycles. The van der Waals surface area contributed by atoms with Gasteiger partial charge in [-0.3, -0.25) is 0 Å². The van der Waals surface area contributed by atoms with E-state index in [1.807, 2.05) is 6.07 Å². The van der Waals surface area contributed by atoms with E-state index in [1.165, 1.54) is 114 Å². The van der Waals surface area contributed by atoms with Crippen LogP contribution in [0.25, 0.3) is 111 Å². The van der Waals surface area contributed by atoms with E-state index in [4.69, 9.17) is 9.97 Å². The zero-order valence-corrected chi connectivity index (χ0v) is 36.7. The lowest BCUT2D eigenvalue weighted by atomic mass is 9.67. The normalized spacial score (nSPS) is 13.9. The van der Waals surface area contributed by atoms with E-state index in [9.17, 15) is 0 Å². The highest BCUT2D eigenvalue weighted by Gasteiger charge is 2.45. The maximum Gasteiger partial charge on any atom is 0.160 e. The number of benzene rings is 10. The number of rotatable bonds is 6. The molecule has 1 spiro atoms. The fourth-order valence-corrected chi connectivity index (χ4v) is 11.6. The lowest BCUT2D eigenvalue weighted by Gasteiger charge is -2.36. The van der Waals surface area contributed by atoms with Gasteiger partial charge < -0.3 is 0 Å². The van der Waals surface area contributed by atoms with Crippen molar-refractivity contribution >= 4 is 32.3 Å². The molecule has 0 aliphatic heterocycles. The molecular formula is C64H46N2. The van der Waals surface area contributed by atoms with Crippen LogP contribution >= 0.6 is 0 Å². The van der Waals surface area contributed by atoms with Crippen LogP contribution in [0.1, 0.15) is 43.2 Å². The van der Waals surface area contributed by atoms with Crippen LogP contribution in [0.4, 0.5) is 0 Å². The molecule has 1 aromatic heterocycles. The Kier molecular flexibility index (Phi) is 9.13. The molecule has 11 aromatic rings. The first-order chi connectivity index (χ1) is 32.7. The van der Waals surface area contributed by atoms with Crippen molar-refractivity contribution in [2.24, 2.45) is 0 Å². The van der Waals surface area contributed by atoms with Gasteiger partial charge in [0.15, 0.2) is 5.82 Å². The van der Waals surface area contributed by atoms with Gasteiger partial charge in [0.1, 0.15) is 0 Å². The average molecular weight is 843 g/mol. The van der Waals surface area contributed by atoms with Gasteiger partial charge in [0.25, 0.3) is 0 Å². The van der Waals surface area contributed by atoms with Crippen molar-refractivity contribution < 1.29 is 0 Å². The van der Waals surface area contributed by atoms with E-state index in [0.717, 1.165) is 33.6 Å². The third kappa shape index (κ3) is 6.24. The highest BCUT2D eigenvalue weighted by Crippen LogP contribution is 2.60. The Balaban J connectivity index is 0.994. The molecule has 0 bridgehead atoms. The van der Waals surface area contributed by atoms with Gasteiger partial charge in [-0.15, -0.1) is 0 Å². The third-order valence-electron chi connectivity index (χ3n) is 14.7. The SMILES string of the molecule is c1ccc(-c2ccc(-c3cc(-c4cccc(-c5c6ccccc6c(-c6cccc7c6-c6cc8ccccc8cc6C76CCCCC6)c6ccccc56)c4)nc(-c4ccccc4)n3)cc2)cc1. The van der Waals surface area contributed by atoms with Gasteiger partial charge in [0.2, 0.25) is 0 Å². The summed E-state index contributed by atoms with van der Waals surface area (Å²) < 4.78 is 0. The van der Waals surface area contributed by atoms with Crippen molar-refractivity contribution in [3.63, 3.8) is 0 Å². The van der Waals surface area contributed by atoms with Crippen LogP contribution in [0.3, 0.4) is 0 Å². The molecule has 13 rings (SSSR count). The van der Waals surface area contributed by atoms with Crippen LogP contribution < -0.4 is 0 Å². The van der Waals surface area contributed by atoms with Crippen molar-refractivity contribution in [3.8, 4) is 78.4 Å². The van der Waals surface area contributed by atoms with E-state index in [-0.39, 0.29) is 5.41 Å². The Morgan fingerprint density at radius 3 is 1.50 bits per heavy atom. The molecule has 312 valence electrons. The molecule has 2 aliphatic rings. The maximum absolute atomic E-state index is 5.27. The number of nitrogens with zero attached hydrogens (tertiary/aromatic N) is 2. The van der Waals surface area contributed by atoms with Crippen molar-refractivity contribution in [2.45, 2.75) is 37.5 Å². The van der Waals surface area contributed by atoms with E-state index < -0.39 is 0 Å². The highest BCUT2D eigenvalue weighted by atomic mass is 14.9. The maximum atomic E-state index is 5.27. The molecular weight excluding hydrogens is 797 g/mol. The predicted molar refractivity (Wildman–Crippen MR) is 276 cm³/mol. The molecule has 1 fully saturated rings. The first-order valence-electron chi connectivity index (χ1n) is 23.5. The molecule has 2 nitrogen and oxygen atoms in total. The van der Waals surface area contributed by atoms with Gasteiger partial charge in [-0.2, -0.15) is 0 Å². The molecule has 0 unspecified atom stereocenters. The van der Waals surface area contributed by atoms with Crippen LogP contribution in [0.15, 0.2) is 218 Å². The predicted octanol–water partition coefficient (Wildman–Crippen LogP) is 17.2. The third-order valence-corrected chi connectivity index (χ3v) is 14.7. The molecule has 0 N–H and O–H groups in total. The average Bonchev–Trinajstić information content (AvgIpc) is 3.65. The van der Waals surface area contributed by atoms with Crippen LogP contribution in [-0.4, -0.2) is 9.97 Å². The minimum absolute atomic E-state index is 0.0434. The highest BCUT2D eigenvalue weighted by molar-refractivity contribution is 6.23. The fourth-order valence-electron chi connectivity index (χ4n) is 11.6. The molecule has 1 saturated carbocycles. The van der Waals surface area contributed by atoms with Gasteiger partial charge in [0.05, 0.1) is 11.4 Å². The second-order valence-corrected chi connectivity index (χ2v) is 18.3. The van der Waals surface area contributed by atoms with Crippen LogP contribution in [0.2, 0.25) is 0 Å². The van der Waals surface area contributed by atoms with Gasteiger partial charge >= 0.3 is 0 Å². The van der Waals surface area contributed by atoms with Crippen molar-refractivity contribution in [2.75, 3.05) is 0 Å². The Hall–Kier alpha value is -7.94. The first kappa shape index (κ1) is 38.5. The summed E-state index contributed by atoms with van der Waals surface area (Å²) in [4.78, 5) is 10.4. The van der Waals surface area contributed by atoms with Crippen LogP contribution in [-0.2, 0) is 5.41 Å². The smallest absolute Gasteiger partial charge is 0.160 e. The Morgan fingerprint density at radius 2 is 0.818 bits per heavy atom. The van der Waals surface area contributed by atoms with E-state index in [1.54, 1.807) is 0 Å². The molecule has 0 amide bonds. The van der Waals surface area contributed by atoms with Gasteiger partial charge in [0, 0.05) is 22.1 Å². The van der Waals surface area contributed by atoms with Crippen molar-refractivity contribution in [3.05, 3.63) is 230 Å². The number of hydrogen-bond acceptors (Lipinski definition) is 2. The molecule has 0 radical (unpaired) electrons. The van der Waals surface area contributed by atoms with Gasteiger partial charge in [-0.05, 0) is 125 Å². The summed E-state index contributed by atoms with van der Waals surface area (Å²) in [5.74, 6) is 0.709. The summed E-state index contributed by atoms with van der Waals surface area (Å²) >= 11 is 0. The van der Waals surface area contributed by atoms with E-state index >= 15 is 0 Å². The first-order valence-corrected chi connectivity index (χ1v) is 23.5. The number of fused-ring (bicyclic) bond motifs is 8. The molecule has 2 aliphatic carbocycles. The van der Waals surface area contributed by atoms with Crippen molar-refractivity contribution in [1.29, 1.82) is 0 Å². The Morgan fingerprint density at radius 1 is 0.303 bits per heavy atom. The second kappa shape index (κ2) is 15.6. The summed E-state index contributed by atoms with van der Waals surface area (Å²) in [7, 11) is 0. The minimum Gasteiger partial charge on any atom is -0.228 e. The summed E-state index contributed by atoms with van der Waals surface area (Å²) in [5, 5.41) is 7.68. The van der Waals surface area contributed by atoms with Gasteiger partial charge in [-0.25, -0.2) is 9.97 Å². The van der Waals surface area contributed by atoms with Gasteiger partial charge in [-0.1, -0.05) is 213 Å². The standard InChI is InChI=1S/C64H46N2/c1-4-18-42(19-5-1)43-32-34-44(35-33-43)58-41-59(66-63(65-58)45-20-6-2-7-21-45)48-24-16-25-49(38-48)60-50-26-10-12-28-52(50)61(53-29-13-11-27-51(53)60)54-30-17-31-56-62(54)55-39-46-22-8-9-23-47(46)40-57(55)64(56)36-14-3-15-37-64/h1-2,4-13,16-35,38-41H,3,14-15,36-37H2. The summed E-state index contributed by atoms with van der Waals surface area (Å²) in [6.07, 6.45) is 6.25. The quantitative estimate of drug-likeness (QED) is 0.156. The number of hydrogen-bond donors (Lipinski definition) is 0. The molecule has 66 heavy (non-hydrogen) atoms. The minimum atomic E-state index is 0.0434. The Bertz CT molecular complexity index is 3600. The zero-order chi connectivity index (χ0) is 43.6. The monoisotopic (exact) mass is 842 g/mol. The lowest BCUT2D eigenvalue weighted by molar-refractivity contribution is 0.353. The number of aromatic nitrogens is 2. The van der Waals surface area contributed by atoms with E-state index in [2.05, 4.69) is 212 Å². The van der Waals surface area contributed by atoms with Crippen LogP contribution in [0, 0.1) is 0 Å². The molecule has 1 heterocycles. The summed E-state index contributed by atoms with van der Waals surface area (Å²) in [6, 6.07) is 80.1. The lowest BCUT2D eigenvalue weighted by Crippen LogP contribution is -2.28. The molecule has 0 saturated heterocycles.